The number of hydrogen-bond acceptors (Lipinski definition) is 6. The Morgan fingerprint density at radius 1 is 1.29 bits per heavy atom. The van der Waals surface area contributed by atoms with Crippen LogP contribution in [0.25, 0.3) is 0 Å². The number of aliphatic hydroxyl groups is 2. The third-order valence-electron chi connectivity index (χ3n) is 3.99. The van der Waals surface area contributed by atoms with E-state index in [-0.39, 0.29) is 6.61 Å². The minimum atomic E-state index is -0.930. The standard InChI is InChI=1S/C16H22N2O5S/c1-16(2)22-13-11(20)12(21-14(13)23-16)10(8-19)18-15(24)17-9-6-4-3-5-7-9/h3-7,10-14,19-20H,8H2,1-2H3,(H2,17,18,24)/t10-,11-,12+,13+,14+/m1/s1. The van der Waals surface area contributed by atoms with E-state index in [9.17, 15) is 10.2 Å². The largest absolute Gasteiger partial charge is 0.394 e. The highest BCUT2D eigenvalue weighted by Gasteiger charge is 2.56. The molecule has 1 aromatic carbocycles. The zero-order chi connectivity index (χ0) is 17.3. The SMILES string of the molecule is CC1(C)O[C@@H]2O[C@@H]([C@@H](CO)NC(=S)Nc3ccccc3)[C@@H](O)[C@@H]2O1. The van der Waals surface area contributed by atoms with Crippen LogP contribution >= 0.6 is 12.2 Å². The van der Waals surface area contributed by atoms with Gasteiger partial charge in [0.05, 0.1) is 12.6 Å². The van der Waals surface area contributed by atoms with E-state index in [2.05, 4.69) is 10.6 Å². The first-order valence-electron chi connectivity index (χ1n) is 7.82. The average Bonchev–Trinajstić information content (AvgIpc) is 2.99. The summed E-state index contributed by atoms with van der Waals surface area (Å²) >= 11 is 5.26. The number of hydrogen-bond donors (Lipinski definition) is 4. The van der Waals surface area contributed by atoms with Gasteiger partial charge in [0, 0.05) is 5.69 Å². The number of thiocarbonyl (C=S) groups is 1. The van der Waals surface area contributed by atoms with Crippen LogP contribution in [0.15, 0.2) is 30.3 Å². The molecule has 2 saturated heterocycles. The number of aliphatic hydroxyl groups excluding tert-OH is 2. The second-order valence-corrected chi connectivity index (χ2v) is 6.72. The first kappa shape index (κ1) is 17.5. The molecular formula is C16H22N2O5S. The van der Waals surface area contributed by atoms with Crippen molar-refractivity contribution in [1.82, 2.24) is 5.32 Å². The molecule has 132 valence electrons. The first-order valence-corrected chi connectivity index (χ1v) is 8.23. The minimum Gasteiger partial charge on any atom is -0.394 e. The fourth-order valence-corrected chi connectivity index (χ4v) is 3.21. The maximum absolute atomic E-state index is 10.5. The van der Waals surface area contributed by atoms with Crippen LogP contribution in [0.5, 0.6) is 0 Å². The van der Waals surface area contributed by atoms with Crippen LogP contribution in [0.2, 0.25) is 0 Å². The predicted octanol–water partition coefficient (Wildman–Crippen LogP) is 0.571. The molecular weight excluding hydrogens is 332 g/mol. The van der Waals surface area contributed by atoms with Gasteiger partial charge in [-0.05, 0) is 38.2 Å². The highest BCUT2D eigenvalue weighted by atomic mass is 32.1. The molecule has 0 aromatic heterocycles. The Bertz CT molecular complexity index is 585. The summed E-state index contributed by atoms with van der Waals surface area (Å²) in [5.41, 5.74) is 0.824. The minimum absolute atomic E-state index is 0.263. The molecule has 0 amide bonds. The fourth-order valence-electron chi connectivity index (χ4n) is 2.94. The zero-order valence-electron chi connectivity index (χ0n) is 13.5. The number of rotatable bonds is 4. The van der Waals surface area contributed by atoms with E-state index in [1.165, 1.54) is 0 Å². The molecule has 2 heterocycles. The Labute approximate surface area is 145 Å². The molecule has 0 spiro atoms. The number of anilines is 1. The summed E-state index contributed by atoms with van der Waals surface area (Å²) < 4.78 is 17.0. The van der Waals surface area contributed by atoms with Crippen molar-refractivity contribution in [3.63, 3.8) is 0 Å². The summed E-state index contributed by atoms with van der Waals surface area (Å²) in [5.74, 6) is -0.798. The van der Waals surface area contributed by atoms with Crippen molar-refractivity contribution in [2.45, 2.75) is 50.3 Å². The molecule has 0 radical (unpaired) electrons. The summed E-state index contributed by atoms with van der Waals surface area (Å²) in [5, 5.41) is 26.4. The average molecular weight is 354 g/mol. The molecule has 2 aliphatic heterocycles. The lowest BCUT2D eigenvalue weighted by Crippen LogP contribution is -2.52. The van der Waals surface area contributed by atoms with Gasteiger partial charge in [0.1, 0.15) is 18.3 Å². The summed E-state index contributed by atoms with van der Waals surface area (Å²) in [4.78, 5) is 0. The summed E-state index contributed by atoms with van der Waals surface area (Å²) in [6.07, 6.45) is -2.87. The van der Waals surface area contributed by atoms with Crippen LogP contribution in [0.4, 0.5) is 5.69 Å². The van der Waals surface area contributed by atoms with Crippen LogP contribution in [-0.2, 0) is 14.2 Å². The van der Waals surface area contributed by atoms with E-state index in [1.54, 1.807) is 13.8 Å². The number of nitrogens with one attached hydrogen (secondary N) is 2. The van der Waals surface area contributed by atoms with Gasteiger partial charge in [-0.3, -0.25) is 0 Å². The van der Waals surface area contributed by atoms with E-state index >= 15 is 0 Å². The fraction of sp³-hybridized carbons (Fsp3) is 0.562. The zero-order valence-corrected chi connectivity index (χ0v) is 14.3. The van der Waals surface area contributed by atoms with Gasteiger partial charge in [0.15, 0.2) is 17.2 Å². The van der Waals surface area contributed by atoms with Gasteiger partial charge in [-0.1, -0.05) is 18.2 Å². The van der Waals surface area contributed by atoms with E-state index in [4.69, 9.17) is 26.4 Å². The second-order valence-electron chi connectivity index (χ2n) is 6.31. The lowest BCUT2D eigenvalue weighted by atomic mass is 10.0. The van der Waals surface area contributed by atoms with Crippen LogP contribution in [-0.4, -0.2) is 58.4 Å². The lowest BCUT2D eigenvalue weighted by molar-refractivity contribution is -0.218. The van der Waals surface area contributed by atoms with Crippen molar-refractivity contribution in [1.29, 1.82) is 0 Å². The van der Waals surface area contributed by atoms with E-state index in [0.29, 0.717) is 5.11 Å². The molecule has 5 atom stereocenters. The van der Waals surface area contributed by atoms with Crippen LogP contribution < -0.4 is 10.6 Å². The normalized spacial score (nSPS) is 32.2. The van der Waals surface area contributed by atoms with Gasteiger partial charge >= 0.3 is 0 Å². The Morgan fingerprint density at radius 3 is 2.62 bits per heavy atom. The molecule has 3 rings (SSSR count). The molecule has 7 nitrogen and oxygen atoms in total. The molecule has 8 heteroatoms. The van der Waals surface area contributed by atoms with Crippen LogP contribution in [0, 0.1) is 0 Å². The van der Waals surface area contributed by atoms with Crippen molar-refractivity contribution < 1.29 is 24.4 Å². The van der Waals surface area contributed by atoms with Gasteiger partial charge in [-0.15, -0.1) is 0 Å². The highest BCUT2D eigenvalue weighted by Crippen LogP contribution is 2.38. The molecule has 2 fully saturated rings. The third-order valence-corrected chi connectivity index (χ3v) is 4.21. The Balaban J connectivity index is 1.60. The Kier molecular flexibility index (Phi) is 5.05. The number of benzene rings is 1. The smallest absolute Gasteiger partial charge is 0.190 e. The van der Waals surface area contributed by atoms with Crippen molar-refractivity contribution in [2.24, 2.45) is 0 Å². The summed E-state index contributed by atoms with van der Waals surface area (Å²) in [7, 11) is 0. The number of ether oxygens (including phenoxy) is 3. The Hall–Kier alpha value is -1.29. The van der Waals surface area contributed by atoms with Gasteiger partial charge < -0.3 is 35.1 Å². The van der Waals surface area contributed by atoms with Gasteiger partial charge in [0.25, 0.3) is 0 Å². The maximum Gasteiger partial charge on any atom is 0.190 e. The molecule has 2 aliphatic rings. The maximum atomic E-state index is 10.5. The predicted molar refractivity (Wildman–Crippen MR) is 91.4 cm³/mol. The number of para-hydroxylation sites is 1. The van der Waals surface area contributed by atoms with E-state index < -0.39 is 36.4 Å². The van der Waals surface area contributed by atoms with Crippen LogP contribution in [0.1, 0.15) is 13.8 Å². The number of fused-ring (bicyclic) bond motifs is 1. The topological polar surface area (TPSA) is 92.2 Å². The monoisotopic (exact) mass is 354 g/mol. The van der Waals surface area contributed by atoms with Crippen molar-refractivity contribution in [2.75, 3.05) is 11.9 Å². The summed E-state index contributed by atoms with van der Waals surface area (Å²) in [6, 6.07) is 8.82. The summed E-state index contributed by atoms with van der Waals surface area (Å²) in [6.45, 7) is 3.26. The first-order chi connectivity index (χ1) is 11.4. The lowest BCUT2D eigenvalue weighted by Gasteiger charge is -2.29. The third kappa shape index (κ3) is 3.69. The van der Waals surface area contributed by atoms with Gasteiger partial charge in [0.2, 0.25) is 0 Å². The molecule has 0 saturated carbocycles. The molecule has 0 aliphatic carbocycles. The quantitative estimate of drug-likeness (QED) is 0.584. The molecule has 0 unspecified atom stereocenters. The second kappa shape index (κ2) is 6.91. The van der Waals surface area contributed by atoms with Crippen molar-refractivity contribution in [3.8, 4) is 0 Å². The molecule has 1 aromatic rings. The van der Waals surface area contributed by atoms with E-state index in [1.807, 2.05) is 30.3 Å². The van der Waals surface area contributed by atoms with Crippen molar-refractivity contribution in [3.05, 3.63) is 30.3 Å². The van der Waals surface area contributed by atoms with Crippen molar-refractivity contribution >= 4 is 23.0 Å². The van der Waals surface area contributed by atoms with Gasteiger partial charge in [-0.25, -0.2) is 0 Å². The molecule has 24 heavy (non-hydrogen) atoms. The van der Waals surface area contributed by atoms with E-state index in [0.717, 1.165) is 5.69 Å². The Morgan fingerprint density at radius 2 is 2.00 bits per heavy atom. The molecule has 0 bridgehead atoms. The highest BCUT2D eigenvalue weighted by molar-refractivity contribution is 7.80. The molecule has 4 N–H and O–H groups in total. The van der Waals surface area contributed by atoms with Crippen LogP contribution in [0.3, 0.4) is 0 Å². The van der Waals surface area contributed by atoms with Gasteiger partial charge in [-0.2, -0.15) is 0 Å².